The van der Waals surface area contributed by atoms with Gasteiger partial charge < -0.3 is 5.73 Å². The van der Waals surface area contributed by atoms with Gasteiger partial charge in [0.2, 0.25) is 5.91 Å². The van der Waals surface area contributed by atoms with Crippen molar-refractivity contribution < 1.29 is 4.79 Å². The van der Waals surface area contributed by atoms with E-state index < -0.39 is 0 Å². The van der Waals surface area contributed by atoms with Gasteiger partial charge in [0.05, 0.1) is 5.25 Å². The third-order valence-corrected chi connectivity index (χ3v) is 2.17. The first kappa shape index (κ1) is 10.8. The molecule has 1 unspecified atom stereocenters. The Bertz CT molecular complexity index is 117. The Hall–Kier alpha value is -0.180. The summed E-state index contributed by atoms with van der Waals surface area (Å²) in [6.07, 6.45) is 5.51. The lowest BCUT2D eigenvalue weighted by molar-refractivity contribution is -0.117. The van der Waals surface area contributed by atoms with Crippen LogP contribution in [0.5, 0.6) is 0 Å². The molecule has 3 heteroatoms. The second-order valence-electron chi connectivity index (χ2n) is 2.77. The van der Waals surface area contributed by atoms with Gasteiger partial charge in [0.1, 0.15) is 0 Å². The third-order valence-electron chi connectivity index (χ3n) is 1.66. The van der Waals surface area contributed by atoms with Crippen molar-refractivity contribution in [2.24, 2.45) is 5.73 Å². The number of rotatable bonds is 6. The van der Waals surface area contributed by atoms with Crippen LogP contribution in [0.4, 0.5) is 0 Å². The van der Waals surface area contributed by atoms with Gasteiger partial charge in [0.25, 0.3) is 0 Å². The zero-order valence-electron chi connectivity index (χ0n) is 7.05. The van der Waals surface area contributed by atoms with E-state index in [1.807, 2.05) is 0 Å². The van der Waals surface area contributed by atoms with Crippen molar-refractivity contribution in [1.82, 2.24) is 0 Å². The highest BCUT2D eigenvalue weighted by Crippen LogP contribution is 2.08. The van der Waals surface area contributed by atoms with Crippen molar-refractivity contribution in [3.63, 3.8) is 0 Å². The lowest BCUT2D eigenvalue weighted by atomic mass is 10.1. The summed E-state index contributed by atoms with van der Waals surface area (Å²) >= 11 is 4.05. The summed E-state index contributed by atoms with van der Waals surface area (Å²) in [6, 6.07) is 0. The minimum absolute atomic E-state index is 0.244. The fraction of sp³-hybridized carbons (Fsp3) is 0.875. The van der Waals surface area contributed by atoms with E-state index in [0.29, 0.717) is 0 Å². The number of carbonyl (C=O) groups is 1. The lowest BCUT2D eigenvalue weighted by Crippen LogP contribution is -2.23. The number of thiol groups is 1. The zero-order chi connectivity index (χ0) is 8.69. The molecule has 0 saturated heterocycles. The normalized spacial score (nSPS) is 12.9. The average molecular weight is 175 g/mol. The predicted molar refractivity (Wildman–Crippen MR) is 50.7 cm³/mol. The van der Waals surface area contributed by atoms with E-state index in [4.69, 9.17) is 5.73 Å². The minimum atomic E-state index is -0.301. The fourth-order valence-corrected chi connectivity index (χ4v) is 1.09. The number of hydrogen-bond donors (Lipinski definition) is 2. The van der Waals surface area contributed by atoms with Crippen LogP contribution in [0.3, 0.4) is 0 Å². The minimum Gasteiger partial charge on any atom is -0.369 e. The molecule has 11 heavy (non-hydrogen) atoms. The number of unbranched alkanes of at least 4 members (excludes halogenated alkanes) is 3. The number of hydrogen-bond acceptors (Lipinski definition) is 2. The Morgan fingerprint density at radius 3 is 2.55 bits per heavy atom. The van der Waals surface area contributed by atoms with Crippen LogP contribution in [0.25, 0.3) is 0 Å². The van der Waals surface area contributed by atoms with Gasteiger partial charge in [0.15, 0.2) is 0 Å². The van der Waals surface area contributed by atoms with Crippen molar-refractivity contribution >= 4 is 18.5 Å². The third kappa shape index (κ3) is 6.23. The van der Waals surface area contributed by atoms with Crippen LogP contribution < -0.4 is 5.73 Å². The second-order valence-corrected chi connectivity index (χ2v) is 3.39. The Kier molecular flexibility index (Phi) is 6.42. The molecule has 0 fully saturated rings. The fourth-order valence-electron chi connectivity index (χ4n) is 0.907. The number of nitrogens with two attached hydrogens (primary N) is 1. The molecule has 0 radical (unpaired) electrons. The van der Waals surface area contributed by atoms with Crippen LogP contribution in [0.2, 0.25) is 0 Å². The van der Waals surface area contributed by atoms with Crippen LogP contribution in [0.1, 0.15) is 39.0 Å². The van der Waals surface area contributed by atoms with Crippen molar-refractivity contribution in [2.75, 3.05) is 0 Å². The highest BCUT2D eigenvalue weighted by molar-refractivity contribution is 7.81. The molecule has 0 aromatic carbocycles. The molecule has 0 saturated carbocycles. The van der Waals surface area contributed by atoms with E-state index in [1.165, 1.54) is 19.3 Å². The van der Waals surface area contributed by atoms with E-state index in [2.05, 4.69) is 19.6 Å². The maximum Gasteiger partial charge on any atom is 0.230 e. The zero-order valence-corrected chi connectivity index (χ0v) is 7.94. The molecule has 0 heterocycles. The summed E-state index contributed by atoms with van der Waals surface area (Å²) in [5, 5.41) is -0.244. The predicted octanol–water partition coefficient (Wildman–Crippen LogP) is 1.74. The van der Waals surface area contributed by atoms with Gasteiger partial charge in [-0.2, -0.15) is 12.6 Å². The molecule has 0 aromatic rings. The van der Waals surface area contributed by atoms with E-state index >= 15 is 0 Å². The maximum atomic E-state index is 10.5. The summed E-state index contributed by atoms with van der Waals surface area (Å²) in [6.45, 7) is 2.16. The summed E-state index contributed by atoms with van der Waals surface area (Å²) in [5.41, 5.74) is 5.04. The van der Waals surface area contributed by atoms with Crippen LogP contribution in [0, 0.1) is 0 Å². The molecule has 0 aliphatic carbocycles. The molecule has 1 amide bonds. The Labute approximate surface area is 74.0 Å². The van der Waals surface area contributed by atoms with Gasteiger partial charge in [-0.25, -0.2) is 0 Å². The first-order chi connectivity index (χ1) is 5.18. The molecule has 0 bridgehead atoms. The van der Waals surface area contributed by atoms with Crippen molar-refractivity contribution in [1.29, 1.82) is 0 Å². The molecule has 2 nitrogen and oxygen atoms in total. The molecule has 2 N–H and O–H groups in total. The van der Waals surface area contributed by atoms with Crippen LogP contribution in [0.15, 0.2) is 0 Å². The molecule has 0 rings (SSSR count). The monoisotopic (exact) mass is 175 g/mol. The van der Waals surface area contributed by atoms with E-state index in [0.717, 1.165) is 12.8 Å². The summed E-state index contributed by atoms with van der Waals surface area (Å²) in [7, 11) is 0. The van der Waals surface area contributed by atoms with E-state index in [-0.39, 0.29) is 11.2 Å². The largest absolute Gasteiger partial charge is 0.369 e. The molecule has 0 aromatic heterocycles. The lowest BCUT2D eigenvalue weighted by Gasteiger charge is -2.04. The van der Waals surface area contributed by atoms with Crippen molar-refractivity contribution in [3.05, 3.63) is 0 Å². The van der Waals surface area contributed by atoms with Gasteiger partial charge in [-0.05, 0) is 6.42 Å². The first-order valence-corrected chi connectivity index (χ1v) is 4.67. The quantitative estimate of drug-likeness (QED) is 0.468. The van der Waals surface area contributed by atoms with E-state index in [9.17, 15) is 4.79 Å². The highest BCUT2D eigenvalue weighted by Gasteiger charge is 2.07. The topological polar surface area (TPSA) is 43.1 Å². The number of amides is 1. The van der Waals surface area contributed by atoms with Crippen LogP contribution in [-0.2, 0) is 4.79 Å². The van der Waals surface area contributed by atoms with E-state index in [1.54, 1.807) is 0 Å². The van der Waals surface area contributed by atoms with Gasteiger partial charge in [-0.15, -0.1) is 0 Å². The Morgan fingerprint density at radius 1 is 1.45 bits per heavy atom. The maximum absolute atomic E-state index is 10.5. The molecule has 0 spiro atoms. The smallest absolute Gasteiger partial charge is 0.230 e. The summed E-state index contributed by atoms with van der Waals surface area (Å²) in [5.74, 6) is -0.301. The number of primary amides is 1. The van der Waals surface area contributed by atoms with Gasteiger partial charge in [0, 0.05) is 0 Å². The van der Waals surface area contributed by atoms with Crippen LogP contribution >= 0.6 is 12.6 Å². The standard InChI is InChI=1S/C8H17NOS/c1-2-3-4-5-6-7(11)8(9)10/h7,11H,2-6H2,1H3,(H2,9,10). The summed E-state index contributed by atoms with van der Waals surface area (Å²) < 4.78 is 0. The Balaban J connectivity index is 3.17. The van der Waals surface area contributed by atoms with Crippen molar-refractivity contribution in [3.8, 4) is 0 Å². The van der Waals surface area contributed by atoms with Gasteiger partial charge in [-0.1, -0.05) is 32.6 Å². The molecular formula is C8H17NOS. The molecule has 1 atom stereocenters. The molecule has 0 aliphatic rings. The molecule has 66 valence electrons. The van der Waals surface area contributed by atoms with Gasteiger partial charge >= 0.3 is 0 Å². The average Bonchev–Trinajstić information content (AvgIpc) is 1.97. The van der Waals surface area contributed by atoms with Crippen molar-refractivity contribution in [2.45, 2.75) is 44.3 Å². The van der Waals surface area contributed by atoms with Gasteiger partial charge in [-0.3, -0.25) is 4.79 Å². The highest BCUT2D eigenvalue weighted by atomic mass is 32.1. The SMILES string of the molecule is CCCCCCC(S)C(N)=O. The first-order valence-electron chi connectivity index (χ1n) is 4.16. The summed E-state index contributed by atoms with van der Waals surface area (Å²) in [4.78, 5) is 10.5. The molecule has 0 aliphatic heterocycles. The Morgan fingerprint density at radius 2 is 2.09 bits per heavy atom. The van der Waals surface area contributed by atoms with Crippen LogP contribution in [-0.4, -0.2) is 11.2 Å². The molecular weight excluding hydrogens is 158 g/mol. The number of carbonyl (C=O) groups excluding carboxylic acids is 1. The second kappa shape index (κ2) is 6.53.